The summed E-state index contributed by atoms with van der Waals surface area (Å²) in [6, 6.07) is 4.63. The van der Waals surface area contributed by atoms with Gasteiger partial charge in [-0.1, -0.05) is 22.4 Å². The largest absolute Gasteiger partial charge is 0.493 e. The van der Waals surface area contributed by atoms with Gasteiger partial charge in [-0.25, -0.2) is 0 Å². The van der Waals surface area contributed by atoms with Gasteiger partial charge in [0.05, 0.1) is 6.61 Å². The van der Waals surface area contributed by atoms with Gasteiger partial charge in [-0.15, -0.1) is 0 Å². The molecule has 1 aromatic rings. The van der Waals surface area contributed by atoms with Crippen LogP contribution >= 0.6 is 15.9 Å². The number of hydrogen-bond donors (Lipinski definition) is 1. The molecule has 0 amide bonds. The summed E-state index contributed by atoms with van der Waals surface area (Å²) in [4.78, 5) is 0. The molecule has 0 radical (unpaired) electrons. The predicted octanol–water partition coefficient (Wildman–Crippen LogP) is 3.05. The third kappa shape index (κ3) is 2.23. The zero-order valence-electron chi connectivity index (χ0n) is 9.92. The Balaban J connectivity index is 1.82. The Morgan fingerprint density at radius 2 is 2.24 bits per heavy atom. The van der Waals surface area contributed by atoms with Crippen molar-refractivity contribution in [3.05, 3.63) is 27.7 Å². The number of fused-ring (bicyclic) bond motifs is 1. The summed E-state index contributed by atoms with van der Waals surface area (Å²) in [6.45, 7) is 0.817. The van der Waals surface area contributed by atoms with E-state index in [1.807, 2.05) is 0 Å². The molecule has 92 valence electrons. The number of halogens is 1. The Bertz CT molecular complexity index is 428. The lowest BCUT2D eigenvalue weighted by Crippen LogP contribution is -2.36. The van der Waals surface area contributed by atoms with Crippen LogP contribution in [0.1, 0.15) is 30.4 Å². The fourth-order valence-electron chi connectivity index (χ4n) is 2.79. The Morgan fingerprint density at radius 1 is 1.41 bits per heavy atom. The highest BCUT2D eigenvalue weighted by molar-refractivity contribution is 9.10. The molecule has 1 fully saturated rings. The highest BCUT2D eigenvalue weighted by Gasteiger charge is 2.26. The lowest BCUT2D eigenvalue weighted by molar-refractivity contribution is 0.258. The van der Waals surface area contributed by atoms with Crippen molar-refractivity contribution in [3.63, 3.8) is 0 Å². The van der Waals surface area contributed by atoms with Crippen molar-refractivity contribution in [3.8, 4) is 5.75 Å². The molecule has 0 bridgehead atoms. The van der Waals surface area contributed by atoms with Crippen LogP contribution in [-0.4, -0.2) is 12.6 Å². The van der Waals surface area contributed by atoms with Gasteiger partial charge in [-0.2, -0.15) is 0 Å². The van der Waals surface area contributed by atoms with Crippen molar-refractivity contribution in [1.82, 2.24) is 0 Å². The lowest BCUT2D eigenvalue weighted by Gasteiger charge is -2.31. The van der Waals surface area contributed by atoms with Gasteiger partial charge < -0.3 is 10.5 Å². The van der Waals surface area contributed by atoms with Gasteiger partial charge in [0.15, 0.2) is 0 Å². The molecular formula is C14H18BrNO. The van der Waals surface area contributed by atoms with E-state index in [2.05, 4.69) is 28.1 Å². The lowest BCUT2D eigenvalue weighted by atomic mass is 9.78. The molecule has 0 aromatic heterocycles. The summed E-state index contributed by atoms with van der Waals surface area (Å²) in [5.74, 6) is 1.83. The van der Waals surface area contributed by atoms with Gasteiger partial charge in [-0.3, -0.25) is 0 Å². The molecule has 3 rings (SSSR count). The molecule has 1 aromatic carbocycles. The fraction of sp³-hybridized carbons (Fsp3) is 0.571. The molecular weight excluding hydrogens is 278 g/mol. The molecule has 0 spiro atoms. The average Bonchev–Trinajstić information content (AvgIpc) is 2.62. The van der Waals surface area contributed by atoms with Gasteiger partial charge in [0.1, 0.15) is 5.75 Å². The van der Waals surface area contributed by atoms with E-state index in [9.17, 15) is 0 Å². The molecule has 1 aliphatic carbocycles. The Morgan fingerprint density at radius 3 is 2.94 bits per heavy atom. The fourth-order valence-corrected chi connectivity index (χ4v) is 3.34. The maximum Gasteiger partial charge on any atom is 0.125 e. The van der Waals surface area contributed by atoms with Crippen LogP contribution in [0.25, 0.3) is 0 Å². The standard InChI is InChI=1S/C14H18BrNO/c15-12-6-10-4-5-17-14(10)11(7-12)8-13(16)9-2-1-3-9/h6-7,9,13H,1-5,8,16H2. The van der Waals surface area contributed by atoms with Crippen molar-refractivity contribution in [2.24, 2.45) is 11.7 Å². The van der Waals surface area contributed by atoms with Crippen LogP contribution in [0.3, 0.4) is 0 Å². The predicted molar refractivity (Wildman–Crippen MR) is 72.4 cm³/mol. The van der Waals surface area contributed by atoms with Gasteiger partial charge >= 0.3 is 0 Å². The van der Waals surface area contributed by atoms with Crippen molar-refractivity contribution < 1.29 is 4.74 Å². The molecule has 1 unspecified atom stereocenters. The van der Waals surface area contributed by atoms with E-state index in [-0.39, 0.29) is 0 Å². The third-order valence-electron chi connectivity index (χ3n) is 4.04. The SMILES string of the molecule is NC(Cc1cc(Br)cc2c1OCC2)C1CCC1. The zero-order chi connectivity index (χ0) is 11.8. The van der Waals surface area contributed by atoms with E-state index in [4.69, 9.17) is 10.5 Å². The molecule has 3 heteroatoms. The van der Waals surface area contributed by atoms with Crippen LogP contribution in [0.5, 0.6) is 5.75 Å². The maximum atomic E-state index is 6.28. The number of nitrogens with two attached hydrogens (primary N) is 1. The van der Waals surface area contributed by atoms with Gasteiger partial charge in [0, 0.05) is 16.9 Å². The minimum absolute atomic E-state index is 0.298. The van der Waals surface area contributed by atoms with Gasteiger partial charge in [0.2, 0.25) is 0 Å². The molecule has 1 saturated carbocycles. The summed E-state index contributed by atoms with van der Waals surface area (Å²) in [6.07, 6.45) is 5.94. The quantitative estimate of drug-likeness (QED) is 0.930. The summed E-state index contributed by atoms with van der Waals surface area (Å²) in [7, 11) is 0. The van der Waals surface area contributed by atoms with Crippen LogP contribution in [0.4, 0.5) is 0 Å². The molecule has 1 atom stereocenters. The van der Waals surface area contributed by atoms with Crippen molar-refractivity contribution >= 4 is 15.9 Å². The second-order valence-electron chi connectivity index (χ2n) is 5.21. The second-order valence-corrected chi connectivity index (χ2v) is 6.13. The van der Waals surface area contributed by atoms with E-state index in [0.29, 0.717) is 6.04 Å². The van der Waals surface area contributed by atoms with Crippen LogP contribution in [-0.2, 0) is 12.8 Å². The smallest absolute Gasteiger partial charge is 0.125 e. The first kappa shape index (κ1) is 11.5. The normalized spacial score (nSPS) is 20.6. The number of hydrogen-bond acceptors (Lipinski definition) is 2. The van der Waals surface area contributed by atoms with E-state index >= 15 is 0 Å². The third-order valence-corrected chi connectivity index (χ3v) is 4.49. The maximum absolute atomic E-state index is 6.28. The van der Waals surface area contributed by atoms with E-state index in [1.54, 1.807) is 0 Å². The molecule has 2 N–H and O–H groups in total. The Labute approximate surface area is 111 Å². The first-order chi connectivity index (χ1) is 8.24. The number of rotatable bonds is 3. The van der Waals surface area contributed by atoms with E-state index in [0.717, 1.165) is 35.6 Å². The molecule has 2 nitrogen and oxygen atoms in total. The topological polar surface area (TPSA) is 35.2 Å². The van der Waals surface area contributed by atoms with Crippen LogP contribution in [0, 0.1) is 5.92 Å². The Kier molecular flexibility index (Phi) is 3.14. The second kappa shape index (κ2) is 4.62. The molecule has 17 heavy (non-hydrogen) atoms. The monoisotopic (exact) mass is 295 g/mol. The van der Waals surface area contributed by atoms with Crippen LogP contribution in [0.15, 0.2) is 16.6 Å². The van der Waals surface area contributed by atoms with E-state index in [1.165, 1.54) is 30.4 Å². The first-order valence-electron chi connectivity index (χ1n) is 6.44. The first-order valence-corrected chi connectivity index (χ1v) is 7.23. The van der Waals surface area contributed by atoms with E-state index < -0.39 is 0 Å². The highest BCUT2D eigenvalue weighted by atomic mass is 79.9. The van der Waals surface area contributed by atoms with Gasteiger partial charge in [0.25, 0.3) is 0 Å². The van der Waals surface area contributed by atoms with Crippen LogP contribution < -0.4 is 10.5 Å². The molecule has 2 aliphatic rings. The molecule has 0 saturated heterocycles. The molecule has 1 heterocycles. The molecule has 1 aliphatic heterocycles. The number of benzene rings is 1. The summed E-state index contributed by atoms with van der Waals surface area (Å²) < 4.78 is 6.89. The van der Waals surface area contributed by atoms with Gasteiger partial charge in [-0.05, 0) is 48.4 Å². The van der Waals surface area contributed by atoms with Crippen LogP contribution in [0.2, 0.25) is 0 Å². The van der Waals surface area contributed by atoms with Crippen molar-refractivity contribution in [2.45, 2.75) is 38.1 Å². The number of ether oxygens (including phenoxy) is 1. The average molecular weight is 296 g/mol. The zero-order valence-corrected chi connectivity index (χ0v) is 11.5. The summed E-state index contributed by atoms with van der Waals surface area (Å²) >= 11 is 3.58. The minimum Gasteiger partial charge on any atom is -0.493 e. The van der Waals surface area contributed by atoms with Crippen molar-refractivity contribution in [2.75, 3.05) is 6.61 Å². The summed E-state index contributed by atoms with van der Waals surface area (Å²) in [5, 5.41) is 0. The Hall–Kier alpha value is -0.540. The van der Waals surface area contributed by atoms with Crippen molar-refractivity contribution in [1.29, 1.82) is 0 Å². The minimum atomic E-state index is 0.298. The highest BCUT2D eigenvalue weighted by Crippen LogP contribution is 2.36. The summed E-state index contributed by atoms with van der Waals surface area (Å²) in [5.41, 5.74) is 8.90.